The van der Waals surface area contributed by atoms with Gasteiger partial charge in [0.05, 0.1) is 12.0 Å². The molecule has 1 aromatic rings. The van der Waals surface area contributed by atoms with E-state index in [2.05, 4.69) is 36.2 Å². The summed E-state index contributed by atoms with van der Waals surface area (Å²) in [6, 6.07) is 10.4. The molecule has 1 saturated carbocycles. The summed E-state index contributed by atoms with van der Waals surface area (Å²) in [5.74, 6) is 1.34. The van der Waals surface area contributed by atoms with E-state index in [1.807, 2.05) is 6.07 Å². The average molecular weight is 257 g/mol. The second-order valence-corrected chi connectivity index (χ2v) is 5.82. The Morgan fingerprint density at radius 3 is 2.68 bits per heavy atom. The maximum absolute atomic E-state index is 12.0. The Morgan fingerprint density at radius 2 is 2.05 bits per heavy atom. The predicted octanol–water partition coefficient (Wildman–Crippen LogP) is 1.73. The summed E-state index contributed by atoms with van der Waals surface area (Å²) >= 11 is 0. The fourth-order valence-corrected chi connectivity index (χ4v) is 3.09. The first kappa shape index (κ1) is 12.2. The zero-order chi connectivity index (χ0) is 13.6. The number of amides is 1. The monoisotopic (exact) mass is 257 g/mol. The first-order valence-corrected chi connectivity index (χ1v) is 6.68. The van der Waals surface area contributed by atoms with E-state index in [9.17, 15) is 4.79 Å². The van der Waals surface area contributed by atoms with E-state index >= 15 is 0 Å². The quantitative estimate of drug-likeness (QED) is 0.877. The number of carbonyl (C=O) groups is 1. The number of hydrogen-bond acceptors (Lipinski definition) is 3. The number of hydrogen-bond donors (Lipinski definition) is 1. The standard InChI is InChI=1S/C15H19N3O/c1-15(9-13(19)18(2)14(16)17-15)12-8-11(12)10-6-4-3-5-7-10/h3-7,11-12H,8-9H2,1-2H3,(H2,16,17)/t11-,12+,15+/m0/s1. The molecule has 100 valence electrons. The molecule has 0 bridgehead atoms. The minimum atomic E-state index is -0.339. The zero-order valence-corrected chi connectivity index (χ0v) is 11.3. The highest BCUT2D eigenvalue weighted by molar-refractivity contribution is 5.98. The van der Waals surface area contributed by atoms with Gasteiger partial charge in [-0.25, -0.2) is 4.99 Å². The van der Waals surface area contributed by atoms with Crippen LogP contribution < -0.4 is 5.73 Å². The van der Waals surface area contributed by atoms with Gasteiger partial charge in [0.2, 0.25) is 5.91 Å². The minimum Gasteiger partial charge on any atom is -0.369 e. The van der Waals surface area contributed by atoms with Gasteiger partial charge >= 0.3 is 0 Å². The highest BCUT2D eigenvalue weighted by Gasteiger charge is 2.53. The minimum absolute atomic E-state index is 0.0636. The Labute approximate surface area is 113 Å². The summed E-state index contributed by atoms with van der Waals surface area (Å²) in [7, 11) is 1.68. The van der Waals surface area contributed by atoms with Gasteiger partial charge in [0.15, 0.2) is 5.96 Å². The van der Waals surface area contributed by atoms with Gasteiger partial charge in [0.25, 0.3) is 0 Å². The van der Waals surface area contributed by atoms with Gasteiger partial charge in [-0.3, -0.25) is 9.69 Å². The van der Waals surface area contributed by atoms with Crippen molar-refractivity contribution in [3.05, 3.63) is 35.9 Å². The molecule has 3 atom stereocenters. The van der Waals surface area contributed by atoms with Gasteiger partial charge in [0.1, 0.15) is 0 Å². The molecule has 4 heteroatoms. The molecular weight excluding hydrogens is 238 g/mol. The number of carbonyl (C=O) groups excluding carboxylic acids is 1. The van der Waals surface area contributed by atoms with E-state index in [1.54, 1.807) is 7.05 Å². The van der Waals surface area contributed by atoms with E-state index < -0.39 is 0 Å². The third kappa shape index (κ3) is 2.01. The molecule has 3 rings (SSSR count). The summed E-state index contributed by atoms with van der Waals surface area (Å²) in [4.78, 5) is 18.0. The van der Waals surface area contributed by atoms with Crippen molar-refractivity contribution >= 4 is 11.9 Å². The van der Waals surface area contributed by atoms with Crippen LogP contribution in [0.1, 0.15) is 31.2 Å². The number of aliphatic imine (C=N–C) groups is 1. The van der Waals surface area contributed by atoms with Crippen LogP contribution >= 0.6 is 0 Å². The molecule has 2 aliphatic rings. The highest BCUT2D eigenvalue weighted by atomic mass is 16.2. The fourth-order valence-electron chi connectivity index (χ4n) is 3.09. The smallest absolute Gasteiger partial charge is 0.231 e. The van der Waals surface area contributed by atoms with Crippen LogP contribution in [0, 0.1) is 5.92 Å². The summed E-state index contributed by atoms with van der Waals surface area (Å²) in [6.45, 7) is 2.05. The molecular formula is C15H19N3O. The Hall–Kier alpha value is -1.84. The maximum atomic E-state index is 12.0. The Balaban J connectivity index is 1.83. The molecule has 1 aromatic carbocycles. The normalized spacial score (nSPS) is 34.1. The topological polar surface area (TPSA) is 58.7 Å². The number of guanidine groups is 1. The maximum Gasteiger partial charge on any atom is 0.231 e. The van der Waals surface area contributed by atoms with Gasteiger partial charge in [-0.15, -0.1) is 0 Å². The van der Waals surface area contributed by atoms with Gasteiger partial charge in [-0.05, 0) is 30.7 Å². The predicted molar refractivity (Wildman–Crippen MR) is 74.7 cm³/mol. The summed E-state index contributed by atoms with van der Waals surface area (Å²) in [6.07, 6.45) is 1.55. The van der Waals surface area contributed by atoms with Crippen molar-refractivity contribution < 1.29 is 4.79 Å². The van der Waals surface area contributed by atoms with E-state index in [0.29, 0.717) is 24.2 Å². The third-order valence-corrected chi connectivity index (χ3v) is 4.41. The van der Waals surface area contributed by atoms with Crippen molar-refractivity contribution in [1.29, 1.82) is 0 Å². The van der Waals surface area contributed by atoms with Crippen LogP contribution in [0.15, 0.2) is 35.3 Å². The summed E-state index contributed by atoms with van der Waals surface area (Å²) < 4.78 is 0. The first-order valence-electron chi connectivity index (χ1n) is 6.68. The largest absolute Gasteiger partial charge is 0.369 e. The summed E-state index contributed by atoms with van der Waals surface area (Å²) in [5.41, 5.74) is 6.85. The Kier molecular flexibility index (Phi) is 2.62. The zero-order valence-electron chi connectivity index (χ0n) is 11.3. The lowest BCUT2D eigenvalue weighted by atomic mass is 9.88. The van der Waals surface area contributed by atoms with E-state index in [4.69, 9.17) is 5.73 Å². The van der Waals surface area contributed by atoms with Crippen LogP contribution in [0.5, 0.6) is 0 Å². The lowest BCUT2D eigenvalue weighted by molar-refractivity contribution is -0.128. The van der Waals surface area contributed by atoms with Crippen molar-refractivity contribution in [2.75, 3.05) is 7.05 Å². The fraction of sp³-hybridized carbons (Fsp3) is 0.467. The van der Waals surface area contributed by atoms with Crippen molar-refractivity contribution in [3.8, 4) is 0 Å². The molecule has 1 aliphatic heterocycles. The second-order valence-electron chi connectivity index (χ2n) is 5.82. The molecule has 1 amide bonds. The van der Waals surface area contributed by atoms with E-state index in [-0.39, 0.29) is 11.4 Å². The molecule has 0 aromatic heterocycles. The number of nitrogens with two attached hydrogens (primary N) is 1. The van der Waals surface area contributed by atoms with Crippen LogP contribution in [-0.4, -0.2) is 29.4 Å². The van der Waals surface area contributed by atoms with Crippen LogP contribution in [0.2, 0.25) is 0 Å². The first-order chi connectivity index (χ1) is 9.01. The molecule has 4 nitrogen and oxygen atoms in total. The lowest BCUT2D eigenvalue weighted by Gasteiger charge is -2.33. The molecule has 0 radical (unpaired) electrons. The third-order valence-electron chi connectivity index (χ3n) is 4.41. The molecule has 1 heterocycles. The van der Waals surface area contributed by atoms with Crippen molar-refractivity contribution in [3.63, 3.8) is 0 Å². The van der Waals surface area contributed by atoms with E-state index in [1.165, 1.54) is 10.5 Å². The molecule has 1 aliphatic carbocycles. The Bertz CT molecular complexity index is 540. The van der Waals surface area contributed by atoms with Gasteiger partial charge in [-0.2, -0.15) is 0 Å². The second kappa shape index (κ2) is 4.08. The van der Waals surface area contributed by atoms with Crippen molar-refractivity contribution in [1.82, 2.24) is 4.90 Å². The van der Waals surface area contributed by atoms with Crippen LogP contribution in [0.25, 0.3) is 0 Å². The van der Waals surface area contributed by atoms with Crippen LogP contribution in [0.4, 0.5) is 0 Å². The van der Waals surface area contributed by atoms with Crippen molar-refractivity contribution in [2.24, 2.45) is 16.6 Å². The average Bonchev–Trinajstić information content (AvgIpc) is 3.18. The van der Waals surface area contributed by atoms with Crippen LogP contribution in [0.3, 0.4) is 0 Å². The number of rotatable bonds is 2. The lowest BCUT2D eigenvalue weighted by Crippen LogP contribution is -2.49. The molecule has 19 heavy (non-hydrogen) atoms. The van der Waals surface area contributed by atoms with Gasteiger partial charge in [0, 0.05) is 7.05 Å². The van der Waals surface area contributed by atoms with E-state index in [0.717, 1.165) is 6.42 Å². The Morgan fingerprint density at radius 1 is 1.37 bits per heavy atom. The highest BCUT2D eigenvalue weighted by Crippen LogP contribution is 2.56. The SMILES string of the molecule is CN1C(=O)C[C@](C)([C@@H]2C[C@H]2c2ccccc2)N=C1N. The van der Waals surface area contributed by atoms with Gasteiger partial charge in [-0.1, -0.05) is 30.3 Å². The summed E-state index contributed by atoms with van der Waals surface area (Å²) in [5, 5.41) is 0. The van der Waals surface area contributed by atoms with Crippen LogP contribution in [-0.2, 0) is 4.79 Å². The molecule has 0 spiro atoms. The molecule has 2 N–H and O–H groups in total. The molecule has 0 unspecified atom stereocenters. The van der Waals surface area contributed by atoms with Crippen molar-refractivity contribution in [2.45, 2.75) is 31.2 Å². The number of benzene rings is 1. The molecule has 0 saturated heterocycles. The number of nitrogens with zero attached hydrogens (tertiary/aromatic N) is 2. The molecule has 1 fully saturated rings. The van der Waals surface area contributed by atoms with Gasteiger partial charge < -0.3 is 5.73 Å².